The first-order valence-corrected chi connectivity index (χ1v) is 8.30. The number of furan rings is 1. The Morgan fingerprint density at radius 1 is 1.48 bits per heavy atom. The van der Waals surface area contributed by atoms with Crippen LogP contribution in [-0.2, 0) is 6.54 Å². The van der Waals surface area contributed by atoms with Crippen LogP contribution in [-0.4, -0.2) is 30.4 Å². The zero-order valence-electron chi connectivity index (χ0n) is 12.0. The highest BCUT2D eigenvalue weighted by Crippen LogP contribution is 2.19. The molecule has 112 valence electrons. The fourth-order valence-electron chi connectivity index (χ4n) is 2.83. The number of nitrogens with one attached hydrogen (secondary N) is 1. The van der Waals surface area contributed by atoms with E-state index in [4.69, 9.17) is 4.42 Å². The van der Waals surface area contributed by atoms with Gasteiger partial charge in [-0.15, -0.1) is 0 Å². The van der Waals surface area contributed by atoms with E-state index in [1.54, 1.807) is 23.5 Å². The molecule has 0 radical (unpaired) electrons. The number of piperidine rings is 1. The number of likely N-dealkylation sites (tertiary alicyclic amines) is 1. The van der Waals surface area contributed by atoms with Crippen LogP contribution in [0.3, 0.4) is 0 Å². The quantitative estimate of drug-likeness (QED) is 0.923. The van der Waals surface area contributed by atoms with Crippen molar-refractivity contribution in [3.63, 3.8) is 0 Å². The molecule has 3 heterocycles. The van der Waals surface area contributed by atoms with Crippen LogP contribution in [0.1, 0.15) is 29.0 Å². The van der Waals surface area contributed by atoms with Crippen molar-refractivity contribution in [1.29, 1.82) is 0 Å². The number of nitrogens with zero attached hydrogens (tertiary/aromatic N) is 1. The summed E-state index contributed by atoms with van der Waals surface area (Å²) in [5.41, 5.74) is 1.39. The van der Waals surface area contributed by atoms with Crippen LogP contribution in [0.2, 0.25) is 0 Å². The third-order valence-electron chi connectivity index (χ3n) is 3.89. The number of carbonyl (C=O) groups is 1. The summed E-state index contributed by atoms with van der Waals surface area (Å²) < 4.78 is 5.11. The average Bonchev–Trinajstić information content (AvgIpc) is 3.18. The van der Waals surface area contributed by atoms with E-state index < -0.39 is 0 Å². The van der Waals surface area contributed by atoms with Crippen LogP contribution in [0.15, 0.2) is 39.6 Å². The molecule has 1 fully saturated rings. The van der Waals surface area contributed by atoms with Crippen LogP contribution in [0.4, 0.5) is 0 Å². The van der Waals surface area contributed by atoms with E-state index in [1.165, 1.54) is 24.7 Å². The Bertz CT molecular complexity index is 551. The highest BCUT2D eigenvalue weighted by molar-refractivity contribution is 7.07. The summed E-state index contributed by atoms with van der Waals surface area (Å²) in [6.07, 6.45) is 3.90. The van der Waals surface area contributed by atoms with Crippen molar-refractivity contribution in [1.82, 2.24) is 10.2 Å². The van der Waals surface area contributed by atoms with E-state index in [2.05, 4.69) is 27.0 Å². The van der Waals surface area contributed by atoms with Gasteiger partial charge in [-0.2, -0.15) is 11.3 Å². The van der Waals surface area contributed by atoms with Crippen LogP contribution >= 0.6 is 11.3 Å². The fourth-order valence-corrected chi connectivity index (χ4v) is 3.49. The summed E-state index contributed by atoms with van der Waals surface area (Å²) in [7, 11) is 0. The summed E-state index contributed by atoms with van der Waals surface area (Å²) in [6, 6.07) is 5.62. The molecule has 1 aliphatic rings. The first-order chi connectivity index (χ1) is 10.3. The number of hydrogen-bond donors (Lipinski definition) is 1. The average molecular weight is 304 g/mol. The highest BCUT2D eigenvalue weighted by atomic mass is 32.1. The second-order valence-electron chi connectivity index (χ2n) is 5.56. The summed E-state index contributed by atoms with van der Waals surface area (Å²) in [6.45, 7) is 3.94. The highest BCUT2D eigenvalue weighted by Gasteiger charge is 2.21. The minimum atomic E-state index is -0.116. The van der Waals surface area contributed by atoms with Crippen molar-refractivity contribution in [2.45, 2.75) is 19.4 Å². The van der Waals surface area contributed by atoms with E-state index >= 15 is 0 Å². The van der Waals surface area contributed by atoms with Crippen LogP contribution in [0.25, 0.3) is 0 Å². The Kier molecular flexibility index (Phi) is 4.72. The Balaban J connectivity index is 1.46. The van der Waals surface area contributed by atoms with Gasteiger partial charge in [0.15, 0.2) is 5.76 Å². The summed E-state index contributed by atoms with van der Waals surface area (Å²) >= 11 is 1.75. The molecule has 1 N–H and O–H groups in total. The molecule has 3 rings (SSSR count). The van der Waals surface area contributed by atoms with Gasteiger partial charge in [0.05, 0.1) is 6.26 Å². The molecule has 0 bridgehead atoms. The predicted molar refractivity (Wildman–Crippen MR) is 83.4 cm³/mol. The van der Waals surface area contributed by atoms with Gasteiger partial charge in [0.25, 0.3) is 5.91 Å². The number of rotatable bonds is 5. The van der Waals surface area contributed by atoms with Crippen molar-refractivity contribution in [2.75, 3.05) is 19.6 Å². The molecule has 1 amide bonds. The van der Waals surface area contributed by atoms with Crippen molar-refractivity contribution < 1.29 is 9.21 Å². The zero-order chi connectivity index (χ0) is 14.5. The molecule has 0 spiro atoms. The van der Waals surface area contributed by atoms with Crippen LogP contribution in [0, 0.1) is 5.92 Å². The van der Waals surface area contributed by atoms with E-state index in [-0.39, 0.29) is 5.91 Å². The van der Waals surface area contributed by atoms with E-state index in [9.17, 15) is 4.79 Å². The van der Waals surface area contributed by atoms with Crippen molar-refractivity contribution >= 4 is 17.2 Å². The molecule has 1 unspecified atom stereocenters. The van der Waals surface area contributed by atoms with Gasteiger partial charge in [0, 0.05) is 19.6 Å². The van der Waals surface area contributed by atoms with Gasteiger partial charge in [0.2, 0.25) is 0 Å². The Morgan fingerprint density at radius 2 is 2.43 bits per heavy atom. The Hall–Kier alpha value is -1.59. The molecule has 1 aliphatic heterocycles. The number of carbonyl (C=O) groups excluding carboxylic acids is 1. The van der Waals surface area contributed by atoms with Gasteiger partial charge in [-0.1, -0.05) is 0 Å². The largest absolute Gasteiger partial charge is 0.459 e. The van der Waals surface area contributed by atoms with Crippen LogP contribution in [0.5, 0.6) is 0 Å². The molecule has 0 aromatic carbocycles. The number of thiophene rings is 1. The molecular weight excluding hydrogens is 284 g/mol. The first kappa shape index (κ1) is 14.4. The fraction of sp³-hybridized carbons (Fsp3) is 0.438. The minimum Gasteiger partial charge on any atom is -0.459 e. The lowest BCUT2D eigenvalue weighted by Gasteiger charge is -2.32. The Morgan fingerprint density at radius 3 is 3.19 bits per heavy atom. The lowest BCUT2D eigenvalue weighted by molar-refractivity contribution is 0.0903. The van der Waals surface area contributed by atoms with Crippen molar-refractivity contribution in [3.05, 3.63) is 46.5 Å². The molecule has 1 saturated heterocycles. The molecule has 2 aromatic heterocycles. The number of hydrogen-bond acceptors (Lipinski definition) is 4. The summed E-state index contributed by atoms with van der Waals surface area (Å²) in [5.74, 6) is 0.798. The Labute approximate surface area is 128 Å². The van der Waals surface area contributed by atoms with E-state index in [0.29, 0.717) is 11.7 Å². The maximum atomic E-state index is 11.9. The predicted octanol–water partition coefficient (Wildman–Crippen LogP) is 2.98. The lowest BCUT2D eigenvalue weighted by Crippen LogP contribution is -2.40. The topological polar surface area (TPSA) is 45.5 Å². The van der Waals surface area contributed by atoms with Gasteiger partial charge in [-0.25, -0.2) is 0 Å². The van der Waals surface area contributed by atoms with Crippen molar-refractivity contribution in [2.24, 2.45) is 5.92 Å². The normalized spacial score (nSPS) is 19.5. The molecule has 2 aromatic rings. The second-order valence-corrected chi connectivity index (χ2v) is 6.34. The minimum absolute atomic E-state index is 0.116. The van der Waals surface area contributed by atoms with Gasteiger partial charge >= 0.3 is 0 Å². The maximum absolute atomic E-state index is 11.9. The SMILES string of the molecule is O=C(NCC1CCCN(Cc2ccsc2)C1)c1ccco1. The monoisotopic (exact) mass is 304 g/mol. The molecular formula is C16H20N2O2S. The molecule has 0 aliphatic carbocycles. The molecule has 1 atom stereocenters. The standard InChI is InChI=1S/C16H20N2O2S/c19-16(15-4-2-7-20-15)17-9-13-3-1-6-18(10-13)11-14-5-8-21-12-14/h2,4-5,7-8,12-13H,1,3,6,9-11H2,(H,17,19). The molecule has 5 heteroatoms. The smallest absolute Gasteiger partial charge is 0.286 e. The number of amides is 1. The third kappa shape index (κ3) is 3.95. The summed E-state index contributed by atoms with van der Waals surface area (Å²) in [4.78, 5) is 14.4. The van der Waals surface area contributed by atoms with Gasteiger partial charge in [-0.3, -0.25) is 9.69 Å². The van der Waals surface area contributed by atoms with Gasteiger partial charge < -0.3 is 9.73 Å². The zero-order valence-corrected chi connectivity index (χ0v) is 12.8. The van der Waals surface area contributed by atoms with Gasteiger partial charge in [-0.05, 0) is 59.8 Å². The maximum Gasteiger partial charge on any atom is 0.286 e. The first-order valence-electron chi connectivity index (χ1n) is 7.36. The summed E-state index contributed by atoms with van der Waals surface area (Å²) in [5, 5.41) is 7.31. The van der Waals surface area contributed by atoms with E-state index in [1.807, 2.05) is 0 Å². The third-order valence-corrected chi connectivity index (χ3v) is 4.62. The molecule has 4 nitrogen and oxygen atoms in total. The van der Waals surface area contributed by atoms with E-state index in [0.717, 1.165) is 26.2 Å². The molecule has 0 saturated carbocycles. The van der Waals surface area contributed by atoms with Gasteiger partial charge in [0.1, 0.15) is 0 Å². The second kappa shape index (κ2) is 6.91. The lowest BCUT2D eigenvalue weighted by atomic mass is 9.97. The molecule has 21 heavy (non-hydrogen) atoms. The van der Waals surface area contributed by atoms with Crippen molar-refractivity contribution in [3.8, 4) is 0 Å². The van der Waals surface area contributed by atoms with Crippen LogP contribution < -0.4 is 5.32 Å².